The van der Waals surface area contributed by atoms with Gasteiger partial charge < -0.3 is 60.2 Å². The molecule has 6 N–H and O–H groups in total. The molecule has 4 fully saturated rings. The molecular weight excluding hydrogens is 869 g/mol. The van der Waals surface area contributed by atoms with Crippen LogP contribution in [-0.2, 0) is 22.7 Å². The Morgan fingerprint density at radius 3 is 1.31 bits per heavy atom. The van der Waals surface area contributed by atoms with Crippen LogP contribution in [0.1, 0.15) is 101 Å². The van der Waals surface area contributed by atoms with Crippen LogP contribution in [-0.4, -0.2) is 154 Å². The summed E-state index contributed by atoms with van der Waals surface area (Å²) in [6, 6.07) is 4.21. The number of urea groups is 2. The Hall–Kier alpha value is -5.30. The molecular formula is C50H74N10O8. The van der Waals surface area contributed by atoms with Crippen LogP contribution in [0.25, 0.3) is 12.2 Å². The fourth-order valence-electron chi connectivity index (χ4n) is 11.6. The van der Waals surface area contributed by atoms with Gasteiger partial charge in [-0.05, 0) is 103 Å². The predicted molar refractivity (Wildman–Crippen MR) is 260 cm³/mol. The molecule has 0 unspecified atom stereocenters. The molecule has 8 rings (SSSR count). The molecule has 0 bridgehead atoms. The average molecular weight is 943 g/mol. The number of aliphatic hydroxyl groups excluding tert-OH is 2. The second-order valence-electron chi connectivity index (χ2n) is 19.0. The van der Waals surface area contributed by atoms with Crippen LogP contribution in [0.5, 0.6) is 0 Å². The van der Waals surface area contributed by atoms with Crippen molar-refractivity contribution in [3.8, 4) is 0 Å². The van der Waals surface area contributed by atoms with Gasteiger partial charge in [-0.25, -0.2) is 9.59 Å². The molecule has 6 aliphatic rings. The zero-order valence-corrected chi connectivity index (χ0v) is 40.4. The lowest BCUT2D eigenvalue weighted by Gasteiger charge is -2.31. The van der Waals surface area contributed by atoms with Gasteiger partial charge in [0.25, 0.3) is 11.1 Å². The van der Waals surface area contributed by atoms with Crippen molar-refractivity contribution in [2.24, 2.45) is 23.7 Å². The van der Waals surface area contributed by atoms with Crippen molar-refractivity contribution in [3.05, 3.63) is 79.6 Å². The molecule has 6 amide bonds. The Balaban J connectivity index is 0.000000201. The first-order valence-corrected chi connectivity index (χ1v) is 25.1. The average Bonchev–Trinajstić information content (AvgIpc) is 4.21. The number of pyridine rings is 2. The van der Waals surface area contributed by atoms with Crippen molar-refractivity contribution < 1.29 is 29.4 Å². The van der Waals surface area contributed by atoms with Crippen molar-refractivity contribution in [3.63, 3.8) is 0 Å². The Morgan fingerprint density at radius 1 is 0.588 bits per heavy atom. The van der Waals surface area contributed by atoms with Crippen LogP contribution in [0.4, 0.5) is 9.59 Å². The monoisotopic (exact) mass is 943 g/mol. The number of hydrogen-bond acceptors (Lipinski definition) is 10. The van der Waals surface area contributed by atoms with Crippen molar-refractivity contribution in [1.29, 1.82) is 0 Å². The maximum atomic E-state index is 13.4. The molecule has 2 aromatic rings. The van der Waals surface area contributed by atoms with Gasteiger partial charge in [0.2, 0.25) is 11.8 Å². The molecule has 8 heterocycles. The number of rotatable bonds is 16. The van der Waals surface area contributed by atoms with Crippen molar-refractivity contribution in [2.45, 2.75) is 103 Å². The Morgan fingerprint density at radius 2 is 0.971 bits per heavy atom. The lowest BCUT2D eigenvalue weighted by atomic mass is 9.88. The van der Waals surface area contributed by atoms with Gasteiger partial charge in [0.05, 0.1) is 12.1 Å². The van der Waals surface area contributed by atoms with E-state index in [1.54, 1.807) is 43.2 Å². The number of carbonyl (C=O) groups excluding carboxylic acids is 4. The second kappa shape index (κ2) is 23.3. The van der Waals surface area contributed by atoms with E-state index >= 15 is 0 Å². The van der Waals surface area contributed by atoms with E-state index in [1.165, 1.54) is 25.7 Å². The number of allylic oxidation sites excluding steroid dienone is 2. The lowest BCUT2D eigenvalue weighted by Crippen LogP contribution is -2.53. The summed E-state index contributed by atoms with van der Waals surface area (Å²) in [4.78, 5) is 87.3. The summed E-state index contributed by atoms with van der Waals surface area (Å²) >= 11 is 0. The number of nitrogens with zero attached hydrogens (tertiary/aromatic N) is 6. The maximum Gasteiger partial charge on any atom is 0.318 e. The van der Waals surface area contributed by atoms with Gasteiger partial charge >= 0.3 is 12.1 Å². The van der Waals surface area contributed by atoms with Crippen LogP contribution in [0, 0.1) is 23.7 Å². The van der Waals surface area contributed by atoms with Gasteiger partial charge in [-0.15, -0.1) is 0 Å². The van der Waals surface area contributed by atoms with Crippen LogP contribution in [0.2, 0.25) is 0 Å². The van der Waals surface area contributed by atoms with Gasteiger partial charge in [0.1, 0.15) is 12.1 Å². The minimum Gasteiger partial charge on any atom is -0.396 e. The normalized spacial score (nSPS) is 26.1. The molecule has 18 nitrogen and oxygen atoms in total. The van der Waals surface area contributed by atoms with E-state index in [2.05, 4.69) is 31.1 Å². The van der Waals surface area contributed by atoms with E-state index in [4.69, 9.17) is 0 Å². The first-order valence-electron chi connectivity index (χ1n) is 25.1. The standard InChI is InChI=1S/2C25H37N5O4/c2*1-3-7-17-8-9-20-21-18(15-29(20)24(17)33)19(16-31)22(30(21)25(34)27-10-4-2)23(32)26-11-14-28-12-5-6-13-28/h2*3,7-9,18-19,21-22,31H,4-6,10-16H2,1-2H3,(H,26,32)(H,27,34)/b7-3+;7-3-/t2*18-,19-,21+,22-/m00/s1. The highest BCUT2D eigenvalue weighted by Gasteiger charge is 2.59. The van der Waals surface area contributed by atoms with Crippen molar-refractivity contribution in [2.75, 3.05) is 78.7 Å². The zero-order valence-electron chi connectivity index (χ0n) is 40.4. The topological polar surface area (TPSA) is 214 Å². The number of hydrogen-bond donors (Lipinski definition) is 6. The van der Waals surface area contributed by atoms with Crippen LogP contribution >= 0.6 is 0 Å². The smallest absolute Gasteiger partial charge is 0.318 e. The van der Waals surface area contributed by atoms with Crippen molar-refractivity contribution >= 4 is 36.0 Å². The van der Waals surface area contributed by atoms with Gasteiger partial charge in [0.15, 0.2) is 0 Å². The Labute approximate surface area is 399 Å². The second-order valence-corrected chi connectivity index (χ2v) is 19.0. The van der Waals surface area contributed by atoms with Crippen LogP contribution in [0.3, 0.4) is 0 Å². The van der Waals surface area contributed by atoms with E-state index in [0.717, 1.165) is 63.5 Å². The molecule has 8 atom stereocenters. The lowest BCUT2D eigenvalue weighted by molar-refractivity contribution is -0.127. The summed E-state index contributed by atoms with van der Waals surface area (Å²) in [7, 11) is 0. The fourth-order valence-corrected chi connectivity index (χ4v) is 11.6. The molecule has 6 aliphatic heterocycles. The number of amides is 6. The Kier molecular flexibility index (Phi) is 17.4. The number of fused-ring (bicyclic) bond motifs is 6. The molecule has 372 valence electrons. The van der Waals surface area contributed by atoms with E-state index in [9.17, 15) is 39.0 Å². The van der Waals surface area contributed by atoms with Gasteiger partial charge in [-0.2, -0.15) is 0 Å². The van der Waals surface area contributed by atoms with E-state index in [1.807, 2.05) is 52.0 Å². The minimum atomic E-state index is -0.783. The first-order chi connectivity index (χ1) is 33.0. The van der Waals surface area contributed by atoms with E-state index < -0.39 is 36.0 Å². The number of carbonyl (C=O) groups is 4. The summed E-state index contributed by atoms with van der Waals surface area (Å²) < 4.78 is 3.41. The third-order valence-electron chi connectivity index (χ3n) is 14.8. The van der Waals surface area contributed by atoms with E-state index in [-0.39, 0.29) is 60.0 Å². The molecule has 68 heavy (non-hydrogen) atoms. The third-order valence-corrected chi connectivity index (χ3v) is 14.8. The molecule has 18 heteroatoms. The van der Waals surface area contributed by atoms with E-state index in [0.29, 0.717) is 50.4 Å². The number of aliphatic hydroxyl groups is 2. The summed E-state index contributed by atoms with van der Waals surface area (Å²) in [5.74, 6) is -1.79. The quantitative estimate of drug-likeness (QED) is 0.145. The molecule has 2 aromatic heterocycles. The molecule has 0 spiro atoms. The molecule has 0 radical (unpaired) electrons. The summed E-state index contributed by atoms with van der Waals surface area (Å²) in [6.07, 6.45) is 13.5. The Bertz CT molecular complexity index is 2130. The third kappa shape index (κ3) is 10.3. The summed E-state index contributed by atoms with van der Waals surface area (Å²) in [5.41, 5.74) is 2.40. The van der Waals surface area contributed by atoms with Crippen LogP contribution in [0.15, 0.2) is 46.0 Å². The highest BCUT2D eigenvalue weighted by atomic mass is 16.3. The van der Waals surface area contributed by atoms with Gasteiger partial charge in [-0.3, -0.25) is 19.2 Å². The molecule has 0 aromatic carbocycles. The highest BCUT2D eigenvalue weighted by molar-refractivity contribution is 5.89. The summed E-state index contributed by atoms with van der Waals surface area (Å²) in [5, 5.41) is 32.6. The fraction of sp³-hybridized carbons (Fsp3) is 0.640. The van der Waals surface area contributed by atoms with Crippen molar-refractivity contribution in [1.82, 2.24) is 50.0 Å². The maximum absolute atomic E-state index is 13.4. The molecule has 4 saturated heterocycles. The van der Waals surface area contributed by atoms with Crippen LogP contribution < -0.4 is 32.4 Å². The first kappa shape index (κ1) is 50.6. The minimum absolute atomic E-state index is 0.109. The highest BCUT2D eigenvalue weighted by Crippen LogP contribution is 2.50. The summed E-state index contributed by atoms with van der Waals surface area (Å²) in [6.45, 7) is 15.7. The van der Waals surface area contributed by atoms with Gasteiger partial charge in [-0.1, -0.05) is 38.2 Å². The molecule has 0 saturated carbocycles. The number of nitrogens with one attached hydrogen (secondary N) is 4. The van der Waals surface area contributed by atoms with Gasteiger partial charge in [0, 0.05) is 112 Å². The SMILES string of the molecule is C/C=C/c1ccc2n(c1=O)C[C@H]1[C@H](CO)[C@@H](C(=O)NCCN3CCCC3)N(C(=O)NCCC)[C@@H]21.C/C=C\c1ccc2n(c1=O)C[C@H]1[C@H](CO)[C@@H](C(=O)NCCN3CCCC3)N(C(=O)NCCC)[C@@H]21. The number of likely N-dealkylation sites (tertiary alicyclic amines) is 4. The largest absolute Gasteiger partial charge is 0.396 e. The predicted octanol–water partition coefficient (Wildman–Crippen LogP) is 2.35. The number of aromatic nitrogens is 2. The molecule has 0 aliphatic carbocycles. The zero-order chi connectivity index (χ0) is 48.5.